The smallest absolute Gasteiger partial charge is 0.205 e. The number of hydrogen-bond donors (Lipinski definition) is 0. The molecule has 0 N–H and O–H groups in total. The molecule has 6 heteroatoms. The molecule has 0 bridgehead atoms. The summed E-state index contributed by atoms with van der Waals surface area (Å²) in [5.41, 5.74) is 2.73. The molecular weight excluding hydrogens is 394 g/mol. The molecular formula is C20H24BrN3O2. The molecule has 0 amide bonds. The number of allylic oxidation sites excluding steroid dienone is 1. The Morgan fingerprint density at radius 3 is 2.81 bits per heavy atom. The minimum Gasteiger partial charge on any atom is -0.496 e. The van der Waals surface area contributed by atoms with E-state index in [9.17, 15) is 4.79 Å². The highest BCUT2D eigenvalue weighted by Crippen LogP contribution is 2.24. The van der Waals surface area contributed by atoms with Gasteiger partial charge in [-0.3, -0.25) is 14.4 Å². The highest BCUT2D eigenvalue weighted by molar-refractivity contribution is 9.10. The summed E-state index contributed by atoms with van der Waals surface area (Å²) >= 11 is 3.40. The Labute approximate surface area is 162 Å². The van der Waals surface area contributed by atoms with E-state index in [1.807, 2.05) is 25.1 Å². The van der Waals surface area contributed by atoms with Gasteiger partial charge in [-0.25, -0.2) is 0 Å². The second-order valence-electron chi connectivity index (χ2n) is 6.41. The summed E-state index contributed by atoms with van der Waals surface area (Å²) in [6.45, 7) is 5.78. The number of hydrogen-bond acceptors (Lipinski definition) is 4. The van der Waals surface area contributed by atoms with Crippen LogP contribution in [0.2, 0.25) is 0 Å². The van der Waals surface area contributed by atoms with E-state index in [0.717, 1.165) is 41.0 Å². The fourth-order valence-electron chi connectivity index (χ4n) is 3.31. The van der Waals surface area contributed by atoms with E-state index in [1.165, 1.54) is 12.8 Å². The van der Waals surface area contributed by atoms with Crippen LogP contribution in [0.15, 0.2) is 34.9 Å². The number of methoxy groups -OCH3 is 1. The number of aryl methyl sites for hydroxylation is 1. The Kier molecular flexibility index (Phi) is 6.27. The SMILES string of the molecule is CCn1ncc(Br)c1C(=O)/C=C/c1ccc(OC)c(CN2CCCC2)c1. The summed E-state index contributed by atoms with van der Waals surface area (Å²) in [5, 5.41) is 4.20. The number of likely N-dealkylation sites (tertiary alicyclic amines) is 1. The molecule has 1 aromatic heterocycles. The Balaban J connectivity index is 1.79. The number of rotatable bonds is 7. The number of benzene rings is 1. The molecule has 0 saturated carbocycles. The molecule has 26 heavy (non-hydrogen) atoms. The van der Waals surface area contributed by atoms with Crippen LogP contribution in [0.4, 0.5) is 0 Å². The van der Waals surface area contributed by atoms with Crippen LogP contribution in [0.5, 0.6) is 5.75 Å². The van der Waals surface area contributed by atoms with Crippen molar-refractivity contribution >= 4 is 27.8 Å². The van der Waals surface area contributed by atoms with Crippen molar-refractivity contribution in [1.29, 1.82) is 0 Å². The third-order valence-corrected chi connectivity index (χ3v) is 5.23. The summed E-state index contributed by atoms with van der Waals surface area (Å²) in [6, 6.07) is 6.05. The van der Waals surface area contributed by atoms with Gasteiger partial charge < -0.3 is 4.74 Å². The number of aromatic nitrogens is 2. The van der Waals surface area contributed by atoms with Crippen molar-refractivity contribution in [2.45, 2.75) is 32.9 Å². The monoisotopic (exact) mass is 417 g/mol. The van der Waals surface area contributed by atoms with Crippen molar-refractivity contribution in [3.63, 3.8) is 0 Å². The van der Waals surface area contributed by atoms with E-state index in [4.69, 9.17) is 4.74 Å². The van der Waals surface area contributed by atoms with Crippen LogP contribution in [0.3, 0.4) is 0 Å². The van der Waals surface area contributed by atoms with Gasteiger partial charge in [-0.2, -0.15) is 5.10 Å². The van der Waals surface area contributed by atoms with Crippen molar-refractivity contribution in [1.82, 2.24) is 14.7 Å². The minimum absolute atomic E-state index is 0.0619. The summed E-state index contributed by atoms with van der Waals surface area (Å²) in [6.07, 6.45) is 7.64. The third kappa shape index (κ3) is 4.24. The molecule has 0 aliphatic carbocycles. The molecule has 1 fully saturated rings. The van der Waals surface area contributed by atoms with Gasteiger partial charge in [0.15, 0.2) is 0 Å². The molecule has 3 rings (SSSR count). The van der Waals surface area contributed by atoms with Crippen LogP contribution >= 0.6 is 15.9 Å². The normalized spacial score (nSPS) is 15.0. The van der Waals surface area contributed by atoms with E-state index in [0.29, 0.717) is 12.2 Å². The topological polar surface area (TPSA) is 47.4 Å². The highest BCUT2D eigenvalue weighted by Gasteiger charge is 2.15. The van der Waals surface area contributed by atoms with Crippen LogP contribution in [0, 0.1) is 0 Å². The average molecular weight is 418 g/mol. The molecule has 138 valence electrons. The molecule has 0 radical (unpaired) electrons. The minimum atomic E-state index is -0.0619. The van der Waals surface area contributed by atoms with Gasteiger partial charge in [-0.05, 0) is 72.6 Å². The van der Waals surface area contributed by atoms with Crippen molar-refractivity contribution in [3.8, 4) is 5.75 Å². The fraction of sp³-hybridized carbons (Fsp3) is 0.400. The maximum Gasteiger partial charge on any atom is 0.205 e. The first-order valence-electron chi connectivity index (χ1n) is 8.95. The van der Waals surface area contributed by atoms with Crippen LogP contribution in [0.1, 0.15) is 41.4 Å². The summed E-state index contributed by atoms with van der Waals surface area (Å²) in [7, 11) is 1.70. The van der Waals surface area contributed by atoms with E-state index in [2.05, 4.69) is 32.0 Å². The molecule has 0 spiro atoms. The van der Waals surface area contributed by atoms with Crippen molar-refractivity contribution in [2.24, 2.45) is 0 Å². The molecule has 0 atom stereocenters. The summed E-state index contributed by atoms with van der Waals surface area (Å²) < 4.78 is 7.92. The zero-order valence-corrected chi connectivity index (χ0v) is 16.8. The average Bonchev–Trinajstić information content (AvgIpc) is 3.29. The molecule has 2 heterocycles. The zero-order chi connectivity index (χ0) is 18.5. The first kappa shape index (κ1) is 18.9. The lowest BCUT2D eigenvalue weighted by atomic mass is 10.1. The Bertz CT molecular complexity index is 807. The van der Waals surface area contributed by atoms with E-state index < -0.39 is 0 Å². The first-order valence-corrected chi connectivity index (χ1v) is 9.74. The number of ketones is 1. The number of ether oxygens (including phenoxy) is 1. The maximum atomic E-state index is 12.6. The number of carbonyl (C=O) groups is 1. The van der Waals surface area contributed by atoms with Gasteiger partial charge in [0.1, 0.15) is 11.4 Å². The van der Waals surface area contributed by atoms with Gasteiger partial charge in [-0.1, -0.05) is 12.1 Å². The lowest BCUT2D eigenvalue weighted by molar-refractivity contribution is 0.103. The fourth-order valence-corrected chi connectivity index (χ4v) is 3.80. The second kappa shape index (κ2) is 8.64. The van der Waals surface area contributed by atoms with Gasteiger partial charge in [0, 0.05) is 18.7 Å². The Hall–Kier alpha value is -1.92. The van der Waals surface area contributed by atoms with Gasteiger partial charge in [0.05, 0.1) is 17.8 Å². The largest absolute Gasteiger partial charge is 0.496 e. The maximum absolute atomic E-state index is 12.6. The summed E-state index contributed by atoms with van der Waals surface area (Å²) in [5.74, 6) is 0.834. The second-order valence-corrected chi connectivity index (χ2v) is 7.26. The lowest BCUT2D eigenvalue weighted by Crippen LogP contribution is -2.18. The number of halogens is 1. The standard InChI is InChI=1S/C20H24BrN3O2/c1-3-24-20(17(21)13-22-24)18(25)8-6-15-7-9-19(26-2)16(12-15)14-23-10-4-5-11-23/h6-9,12-13H,3-5,10-11,14H2,1-2H3/b8-6+. The third-order valence-electron chi connectivity index (χ3n) is 4.65. The molecule has 1 aliphatic rings. The van der Waals surface area contributed by atoms with Gasteiger partial charge in [0.25, 0.3) is 0 Å². The molecule has 1 aromatic carbocycles. The van der Waals surface area contributed by atoms with E-state index >= 15 is 0 Å². The summed E-state index contributed by atoms with van der Waals surface area (Å²) in [4.78, 5) is 15.0. The van der Waals surface area contributed by atoms with Crippen molar-refractivity contribution < 1.29 is 9.53 Å². The molecule has 1 aliphatic heterocycles. The zero-order valence-electron chi connectivity index (χ0n) is 15.2. The van der Waals surface area contributed by atoms with Crippen LogP contribution in [-0.2, 0) is 13.1 Å². The predicted octanol–water partition coefficient (Wildman–Crippen LogP) is 4.17. The van der Waals surface area contributed by atoms with E-state index in [1.54, 1.807) is 24.1 Å². The van der Waals surface area contributed by atoms with E-state index in [-0.39, 0.29) is 5.78 Å². The van der Waals surface area contributed by atoms with Crippen molar-refractivity contribution in [3.05, 3.63) is 51.8 Å². The highest BCUT2D eigenvalue weighted by atomic mass is 79.9. The molecule has 2 aromatic rings. The number of carbonyl (C=O) groups excluding carboxylic acids is 1. The molecule has 5 nitrogen and oxygen atoms in total. The lowest BCUT2D eigenvalue weighted by Gasteiger charge is -2.17. The van der Waals surface area contributed by atoms with Crippen molar-refractivity contribution in [2.75, 3.05) is 20.2 Å². The predicted molar refractivity (Wildman–Crippen MR) is 106 cm³/mol. The Morgan fingerprint density at radius 2 is 2.12 bits per heavy atom. The van der Waals surface area contributed by atoms with Crippen LogP contribution in [-0.4, -0.2) is 40.7 Å². The van der Waals surface area contributed by atoms with Crippen LogP contribution in [0.25, 0.3) is 6.08 Å². The van der Waals surface area contributed by atoms with Gasteiger partial charge >= 0.3 is 0 Å². The van der Waals surface area contributed by atoms with Gasteiger partial charge in [0.2, 0.25) is 5.78 Å². The van der Waals surface area contributed by atoms with Gasteiger partial charge in [-0.15, -0.1) is 0 Å². The molecule has 1 saturated heterocycles. The Morgan fingerprint density at radius 1 is 1.35 bits per heavy atom. The number of nitrogens with zero attached hydrogens (tertiary/aromatic N) is 3. The quantitative estimate of drug-likeness (QED) is 0.500. The first-order chi connectivity index (χ1) is 12.6. The van der Waals surface area contributed by atoms with Crippen LogP contribution < -0.4 is 4.74 Å². The molecule has 0 unspecified atom stereocenters.